The molecular formula is C29H41N5O3. The number of amidine groups is 1. The molecular weight excluding hydrogens is 466 g/mol. The summed E-state index contributed by atoms with van der Waals surface area (Å²) >= 11 is 0. The molecule has 1 rings (SSSR count). The van der Waals surface area contributed by atoms with E-state index in [9.17, 15) is 9.59 Å². The third kappa shape index (κ3) is 10.0. The average Bonchev–Trinajstić information content (AvgIpc) is 2.88. The first kappa shape index (κ1) is 31.3. The fourth-order valence-corrected chi connectivity index (χ4v) is 3.53. The van der Waals surface area contributed by atoms with Gasteiger partial charge in [0, 0.05) is 38.1 Å². The van der Waals surface area contributed by atoms with Gasteiger partial charge in [-0.25, -0.2) is 0 Å². The van der Waals surface area contributed by atoms with E-state index in [1.165, 1.54) is 11.0 Å². The first-order valence-corrected chi connectivity index (χ1v) is 12.2. The Hall–Kier alpha value is -3.75. The van der Waals surface area contributed by atoms with Gasteiger partial charge in [-0.3, -0.25) is 19.5 Å². The molecule has 0 spiro atoms. The van der Waals surface area contributed by atoms with Crippen molar-refractivity contribution in [3.63, 3.8) is 0 Å². The van der Waals surface area contributed by atoms with Crippen LogP contribution in [0.3, 0.4) is 0 Å². The molecule has 2 N–H and O–H groups in total. The number of nitrogens with one attached hydrogen (secondary N) is 2. The van der Waals surface area contributed by atoms with E-state index in [1.54, 1.807) is 32.2 Å². The van der Waals surface area contributed by atoms with Crippen LogP contribution in [-0.2, 0) is 14.3 Å². The molecule has 0 saturated heterocycles. The molecule has 1 atom stereocenters. The molecule has 0 radical (unpaired) electrons. The summed E-state index contributed by atoms with van der Waals surface area (Å²) in [6.07, 6.45) is 9.19. The molecule has 0 aliphatic rings. The van der Waals surface area contributed by atoms with Gasteiger partial charge in [0.25, 0.3) is 0 Å². The molecule has 37 heavy (non-hydrogen) atoms. The predicted molar refractivity (Wildman–Crippen MR) is 152 cm³/mol. The van der Waals surface area contributed by atoms with Crippen LogP contribution in [0.2, 0.25) is 0 Å². The molecule has 1 aromatic rings. The summed E-state index contributed by atoms with van der Waals surface area (Å²) in [6.45, 7) is 11.1. The van der Waals surface area contributed by atoms with Crippen molar-refractivity contribution in [2.45, 2.75) is 26.9 Å². The van der Waals surface area contributed by atoms with E-state index in [0.29, 0.717) is 54.5 Å². The number of hydrogen-bond donors (Lipinski definition) is 2. The number of likely N-dealkylation sites (N-methyl/N-ethyl adjacent to an activating group) is 1. The summed E-state index contributed by atoms with van der Waals surface area (Å²) in [5, 5.41) is 6.69. The van der Waals surface area contributed by atoms with Crippen LogP contribution in [0.25, 0.3) is 0 Å². The van der Waals surface area contributed by atoms with Crippen LogP contribution in [0.1, 0.15) is 32.4 Å². The van der Waals surface area contributed by atoms with E-state index >= 15 is 0 Å². The second-order valence-corrected chi connectivity index (χ2v) is 8.22. The molecule has 1 aromatic carbocycles. The average molecular weight is 508 g/mol. The minimum atomic E-state index is -0.582. The highest BCUT2D eigenvalue weighted by Crippen LogP contribution is 2.31. The van der Waals surface area contributed by atoms with E-state index in [1.807, 2.05) is 64.4 Å². The molecule has 1 amide bonds. The highest BCUT2D eigenvalue weighted by atomic mass is 16.5. The summed E-state index contributed by atoms with van der Waals surface area (Å²) in [5.41, 5.74) is 2.61. The van der Waals surface area contributed by atoms with Gasteiger partial charge in [0.1, 0.15) is 24.0 Å². The molecule has 8 heteroatoms. The zero-order valence-electron chi connectivity index (χ0n) is 22.9. The lowest BCUT2D eigenvalue weighted by molar-refractivity contribution is -0.115. The first-order chi connectivity index (χ1) is 17.9. The second kappa shape index (κ2) is 17.6. The summed E-state index contributed by atoms with van der Waals surface area (Å²) in [5.74, 6) is 0.952. The summed E-state index contributed by atoms with van der Waals surface area (Å²) in [4.78, 5) is 32.0. The Morgan fingerprint density at radius 2 is 1.89 bits per heavy atom. The Bertz CT molecular complexity index is 1020. The molecule has 200 valence electrons. The Morgan fingerprint density at radius 3 is 2.41 bits per heavy atom. The van der Waals surface area contributed by atoms with Crippen LogP contribution in [0, 0.1) is 0 Å². The number of benzene rings is 1. The number of nitrogens with zero attached hydrogens (tertiary/aromatic N) is 3. The number of aldehydes is 1. The number of allylic oxidation sites excluding steroid dienone is 6. The number of carbonyl (C=O) groups excluding carboxylic acids is 2. The van der Waals surface area contributed by atoms with Gasteiger partial charge >= 0.3 is 0 Å². The van der Waals surface area contributed by atoms with Gasteiger partial charge in [-0.2, -0.15) is 0 Å². The molecule has 0 heterocycles. The third-order valence-corrected chi connectivity index (χ3v) is 5.17. The van der Waals surface area contributed by atoms with E-state index < -0.39 is 6.10 Å². The van der Waals surface area contributed by atoms with Gasteiger partial charge in [-0.1, -0.05) is 49.1 Å². The fraction of sp³-hybridized carbons (Fsp3) is 0.345. The topological polar surface area (TPSA) is 86.3 Å². The minimum Gasteiger partial charge on any atom is -0.369 e. The lowest BCUT2D eigenvalue weighted by Crippen LogP contribution is -2.39. The molecule has 0 aromatic heterocycles. The Morgan fingerprint density at radius 1 is 1.19 bits per heavy atom. The van der Waals surface area contributed by atoms with Crippen molar-refractivity contribution < 1.29 is 14.3 Å². The lowest BCUT2D eigenvalue weighted by atomic mass is 9.99. The smallest absolute Gasteiger partial charge is 0.219 e. The maximum atomic E-state index is 12.7. The van der Waals surface area contributed by atoms with E-state index in [-0.39, 0.29) is 0 Å². The van der Waals surface area contributed by atoms with Crippen molar-refractivity contribution in [1.82, 2.24) is 20.4 Å². The monoisotopic (exact) mass is 507 g/mol. The van der Waals surface area contributed by atoms with Crippen LogP contribution < -0.4 is 10.6 Å². The molecule has 1 unspecified atom stereocenters. The lowest BCUT2D eigenvalue weighted by Gasteiger charge is -2.31. The van der Waals surface area contributed by atoms with Crippen molar-refractivity contribution >= 4 is 18.5 Å². The summed E-state index contributed by atoms with van der Waals surface area (Å²) in [6, 6.07) is 9.75. The largest absolute Gasteiger partial charge is 0.369 e. The summed E-state index contributed by atoms with van der Waals surface area (Å²) in [7, 11) is 5.67. The Balaban J connectivity index is 4.10. The van der Waals surface area contributed by atoms with Crippen molar-refractivity contribution in [3.05, 3.63) is 95.6 Å². The maximum absolute atomic E-state index is 12.7. The fourth-order valence-electron chi connectivity index (χ4n) is 3.53. The summed E-state index contributed by atoms with van der Waals surface area (Å²) < 4.78 is 6.30. The van der Waals surface area contributed by atoms with Crippen molar-refractivity contribution in [1.29, 1.82) is 0 Å². The van der Waals surface area contributed by atoms with Crippen LogP contribution in [-0.4, -0.2) is 69.2 Å². The number of amides is 1. The number of rotatable bonds is 16. The maximum Gasteiger partial charge on any atom is 0.219 e. The van der Waals surface area contributed by atoms with Gasteiger partial charge in [0.2, 0.25) is 6.41 Å². The van der Waals surface area contributed by atoms with Crippen molar-refractivity contribution in [2.75, 3.05) is 40.8 Å². The highest BCUT2D eigenvalue weighted by molar-refractivity contribution is 6.00. The van der Waals surface area contributed by atoms with E-state index in [4.69, 9.17) is 4.74 Å². The van der Waals surface area contributed by atoms with Crippen molar-refractivity contribution in [3.8, 4) is 0 Å². The van der Waals surface area contributed by atoms with Crippen LogP contribution in [0.4, 0.5) is 0 Å². The number of carbonyl (C=O) groups is 2. The van der Waals surface area contributed by atoms with Gasteiger partial charge in [0.05, 0.1) is 5.57 Å². The third-order valence-electron chi connectivity index (χ3n) is 5.17. The number of hydrogen-bond acceptors (Lipinski definition) is 6. The van der Waals surface area contributed by atoms with E-state index in [2.05, 4.69) is 27.1 Å². The minimum absolute atomic E-state index is 0.400. The molecule has 0 aliphatic carbocycles. The van der Waals surface area contributed by atoms with Gasteiger partial charge in [-0.05, 0) is 58.7 Å². The highest BCUT2D eigenvalue weighted by Gasteiger charge is 2.29. The molecule has 0 aliphatic heterocycles. The Kier molecular flexibility index (Phi) is 14.9. The van der Waals surface area contributed by atoms with Crippen LogP contribution in [0.5, 0.6) is 0 Å². The SMILES string of the molecule is C=C/C=C(\C=C/C)N(C=O)/C(N/C(C)=C/C=O)=C(\C(=NC)NCCN(C)C)C(OCC)c1ccccc1. The molecule has 8 nitrogen and oxygen atoms in total. The first-order valence-electron chi connectivity index (χ1n) is 12.2. The van der Waals surface area contributed by atoms with Crippen LogP contribution in [0.15, 0.2) is 95.1 Å². The molecule has 0 saturated carbocycles. The quantitative estimate of drug-likeness (QED) is 0.116. The van der Waals surface area contributed by atoms with E-state index in [0.717, 1.165) is 12.1 Å². The van der Waals surface area contributed by atoms with Crippen LogP contribution >= 0.6 is 0 Å². The zero-order chi connectivity index (χ0) is 27.6. The predicted octanol–water partition coefficient (Wildman–Crippen LogP) is 3.95. The molecule has 0 fully saturated rings. The van der Waals surface area contributed by atoms with Gasteiger partial charge < -0.3 is 20.3 Å². The van der Waals surface area contributed by atoms with Gasteiger partial charge in [0.15, 0.2) is 0 Å². The molecule has 0 bridgehead atoms. The zero-order valence-corrected chi connectivity index (χ0v) is 22.9. The van der Waals surface area contributed by atoms with Gasteiger partial charge in [-0.15, -0.1) is 0 Å². The standard InChI is InChI=1S/C29H41N5O3/c1-8-14-25(15-9-2)34(22-36)29(32-23(4)18-21-35)26(28(30-5)31-19-20-33(6)7)27(37-10-3)24-16-12-11-13-17-24/h8-9,11-18,21-22,27,32H,1,10,19-20H2,2-7H3,(H,30,31)/b15-9-,23-18+,25-14+,29-26-. The second-order valence-electron chi connectivity index (χ2n) is 8.22. The number of aliphatic imine (C=N–C) groups is 1. The normalized spacial score (nSPS) is 14.3. The Labute approximate surface area is 221 Å². The van der Waals surface area contributed by atoms with Crippen molar-refractivity contribution in [2.24, 2.45) is 4.99 Å². The number of ether oxygens (including phenoxy) is 1.